The number of nitrogens with one attached hydrogen (secondary N) is 4. The van der Waals surface area contributed by atoms with Gasteiger partial charge in [-0.1, -0.05) is 50.3 Å². The number of fused-ring (bicyclic) bond motifs is 4. The first kappa shape index (κ1) is 34.9. The number of amides is 3. The molecule has 1 aromatic carbocycles. The Kier molecular flexibility index (Phi) is 10.7. The highest BCUT2D eigenvalue weighted by molar-refractivity contribution is 5.90. The quantitative estimate of drug-likeness (QED) is 0.328. The van der Waals surface area contributed by atoms with Gasteiger partial charge in [-0.15, -0.1) is 0 Å². The molecular formula is C33H45F2N5O7. The molecule has 0 saturated carbocycles. The fourth-order valence-corrected chi connectivity index (χ4v) is 6.00. The second kappa shape index (κ2) is 14.4. The fraction of sp³-hybridized carbons (Fsp3) is 0.606. The van der Waals surface area contributed by atoms with Gasteiger partial charge in [0.05, 0.1) is 24.7 Å². The first-order valence-corrected chi connectivity index (χ1v) is 16.1. The van der Waals surface area contributed by atoms with E-state index in [1.165, 1.54) is 11.9 Å². The number of aliphatic hydroxyl groups excluding tert-OH is 1. The summed E-state index contributed by atoms with van der Waals surface area (Å²) in [5.41, 5.74) is 4.02. The van der Waals surface area contributed by atoms with Gasteiger partial charge in [0.1, 0.15) is 31.5 Å². The number of rotatable bonds is 3. The summed E-state index contributed by atoms with van der Waals surface area (Å²) >= 11 is 0. The number of anilines is 1. The van der Waals surface area contributed by atoms with Gasteiger partial charge in [-0.2, -0.15) is 0 Å². The molecule has 2 unspecified atom stereocenters. The molecule has 4 aliphatic rings. The van der Waals surface area contributed by atoms with Gasteiger partial charge in [-0.3, -0.25) is 19.4 Å². The molecule has 12 nitrogen and oxygen atoms in total. The average Bonchev–Trinajstić information content (AvgIpc) is 3.08. The maximum atomic E-state index is 13.8. The molecule has 4 heterocycles. The number of hydrogen-bond acceptors (Lipinski definition) is 9. The lowest BCUT2D eigenvalue weighted by molar-refractivity contribution is -0.337. The van der Waals surface area contributed by atoms with Gasteiger partial charge in [0.15, 0.2) is 6.29 Å². The zero-order valence-corrected chi connectivity index (χ0v) is 27.1. The van der Waals surface area contributed by atoms with E-state index in [9.17, 15) is 28.3 Å². The largest absolute Gasteiger partial charge is 0.376 e. The van der Waals surface area contributed by atoms with Crippen molar-refractivity contribution in [3.05, 3.63) is 41.5 Å². The van der Waals surface area contributed by atoms with Crippen LogP contribution in [0.3, 0.4) is 0 Å². The minimum atomic E-state index is -2.10. The second-order valence-electron chi connectivity index (χ2n) is 13.2. The molecule has 258 valence electrons. The molecular weight excluding hydrogens is 616 g/mol. The smallest absolute Gasteiger partial charge is 0.258 e. The summed E-state index contributed by atoms with van der Waals surface area (Å²) < 4.78 is 44.5. The van der Waals surface area contributed by atoms with E-state index in [0.717, 1.165) is 16.8 Å². The van der Waals surface area contributed by atoms with E-state index in [-0.39, 0.29) is 31.2 Å². The molecule has 5 N–H and O–H groups in total. The number of halogens is 2. The summed E-state index contributed by atoms with van der Waals surface area (Å²) in [6, 6.07) is 3.50. The Morgan fingerprint density at radius 2 is 1.74 bits per heavy atom. The van der Waals surface area contributed by atoms with Gasteiger partial charge in [0.25, 0.3) is 5.91 Å². The minimum Gasteiger partial charge on any atom is -0.376 e. The van der Waals surface area contributed by atoms with Crippen molar-refractivity contribution in [1.82, 2.24) is 21.1 Å². The Balaban J connectivity index is 1.50. The molecule has 47 heavy (non-hydrogen) atoms. The number of hydrazine groups is 1. The Morgan fingerprint density at radius 1 is 1.02 bits per heavy atom. The molecule has 0 radical (unpaired) electrons. The third kappa shape index (κ3) is 7.51. The number of ether oxygens (including phenoxy) is 3. The standard InChI is InChI=1S/C33H45F2N5O7/c1-19(2)27-29(42)37-21(4)30(43)40-13-5-6-25(39-40)28(41)36-20(3)24-10-9-23-8-7-22(14-26(23)38-24)11-12-32(31(44)47-27)17-45-33(15-34,16-35)46-18-32/h7-12,14,19-21,24-25,27,31,38-39,44H,5-6,13,15-18H2,1-4H3,(H,36,41)(H,37,42)/b12-11+/t20-,21+,24?,25+,27+,31?/m1/s1. The van der Waals surface area contributed by atoms with Crippen LogP contribution in [0.5, 0.6) is 0 Å². The van der Waals surface area contributed by atoms with Crippen LogP contribution < -0.4 is 21.4 Å². The molecule has 2 saturated heterocycles. The van der Waals surface area contributed by atoms with Crippen LogP contribution in [0.25, 0.3) is 12.2 Å². The van der Waals surface area contributed by atoms with E-state index in [0.29, 0.717) is 19.4 Å². The fourth-order valence-electron chi connectivity index (χ4n) is 6.00. The number of alkyl halides is 2. The maximum Gasteiger partial charge on any atom is 0.258 e. The van der Waals surface area contributed by atoms with Crippen molar-refractivity contribution in [2.45, 2.75) is 82.9 Å². The van der Waals surface area contributed by atoms with E-state index in [4.69, 9.17) is 14.2 Å². The number of nitrogens with zero attached hydrogens (tertiary/aromatic N) is 1. The van der Waals surface area contributed by atoms with Gasteiger partial charge in [0, 0.05) is 18.3 Å². The molecule has 0 aromatic heterocycles. The molecule has 1 spiro atoms. The van der Waals surface area contributed by atoms with E-state index >= 15 is 0 Å². The summed E-state index contributed by atoms with van der Waals surface area (Å²) in [6.45, 7) is 4.00. The highest BCUT2D eigenvalue weighted by atomic mass is 19.1. The van der Waals surface area contributed by atoms with Crippen LogP contribution in [0, 0.1) is 11.3 Å². The number of carbonyl (C=O) groups excluding carboxylic acids is 3. The Morgan fingerprint density at radius 3 is 2.43 bits per heavy atom. The summed E-state index contributed by atoms with van der Waals surface area (Å²) in [6.07, 6.45) is 5.43. The Hall–Kier alpha value is -3.43. The molecule has 5 bridgehead atoms. The van der Waals surface area contributed by atoms with Gasteiger partial charge in [0.2, 0.25) is 17.6 Å². The van der Waals surface area contributed by atoms with Crippen LogP contribution in [0.15, 0.2) is 30.4 Å². The Bertz CT molecular complexity index is 1380. The average molecular weight is 662 g/mol. The monoisotopic (exact) mass is 661 g/mol. The van der Waals surface area contributed by atoms with Crippen molar-refractivity contribution in [3.63, 3.8) is 0 Å². The topological polar surface area (TPSA) is 150 Å². The number of carbonyl (C=O) groups is 3. The molecule has 2 fully saturated rings. The Labute approximate surface area is 273 Å². The lowest BCUT2D eigenvalue weighted by Crippen LogP contribution is -2.62. The zero-order valence-electron chi connectivity index (χ0n) is 27.1. The van der Waals surface area contributed by atoms with E-state index in [1.807, 2.05) is 37.3 Å². The lowest BCUT2D eigenvalue weighted by atomic mass is 9.86. The maximum absolute atomic E-state index is 13.8. The molecule has 3 amide bonds. The van der Waals surface area contributed by atoms with Crippen molar-refractivity contribution in [2.24, 2.45) is 11.3 Å². The number of benzene rings is 1. The van der Waals surface area contributed by atoms with Crippen molar-refractivity contribution in [1.29, 1.82) is 0 Å². The van der Waals surface area contributed by atoms with Gasteiger partial charge >= 0.3 is 0 Å². The van der Waals surface area contributed by atoms with E-state index in [2.05, 4.69) is 21.4 Å². The van der Waals surface area contributed by atoms with Crippen LogP contribution in [0.1, 0.15) is 51.7 Å². The van der Waals surface area contributed by atoms with Crippen LogP contribution in [-0.2, 0) is 28.6 Å². The molecule has 4 aliphatic heterocycles. The molecule has 1 aromatic rings. The van der Waals surface area contributed by atoms with Crippen molar-refractivity contribution in [2.75, 3.05) is 38.4 Å². The number of hydrogen-bond donors (Lipinski definition) is 5. The van der Waals surface area contributed by atoms with E-state index < -0.39 is 66.8 Å². The summed E-state index contributed by atoms with van der Waals surface area (Å²) in [7, 11) is 0. The summed E-state index contributed by atoms with van der Waals surface area (Å²) in [5.74, 6) is -3.89. The highest BCUT2D eigenvalue weighted by Crippen LogP contribution is 2.37. The third-order valence-corrected chi connectivity index (χ3v) is 9.14. The molecule has 6 atom stereocenters. The summed E-state index contributed by atoms with van der Waals surface area (Å²) in [4.78, 5) is 40.2. The molecule has 5 rings (SSSR count). The third-order valence-electron chi connectivity index (χ3n) is 9.14. The van der Waals surface area contributed by atoms with Gasteiger partial charge in [-0.05, 0) is 49.8 Å². The zero-order chi connectivity index (χ0) is 33.9. The molecule has 0 aliphatic carbocycles. The first-order chi connectivity index (χ1) is 22.4. The normalized spacial score (nSPS) is 31.9. The van der Waals surface area contributed by atoms with Crippen LogP contribution in [0.4, 0.5) is 14.5 Å². The molecule has 14 heteroatoms. The SMILES string of the molecule is CC(C)[C@@H]1OC(O)C2(/C=C/c3ccc4c(c3)NC(C=C4)[C@@H](C)NC(=O)[C@@H]3CCCN(N3)C(=O)[C@H](C)NC1=O)COC(CF)(CF)OC2. The van der Waals surface area contributed by atoms with Gasteiger partial charge < -0.3 is 35.3 Å². The van der Waals surface area contributed by atoms with E-state index in [1.54, 1.807) is 26.0 Å². The predicted molar refractivity (Wildman–Crippen MR) is 170 cm³/mol. The minimum absolute atomic E-state index is 0.236. The van der Waals surface area contributed by atoms with Gasteiger partial charge in [-0.25, -0.2) is 14.2 Å². The lowest BCUT2D eigenvalue weighted by Gasteiger charge is -2.45. The van der Waals surface area contributed by atoms with Crippen molar-refractivity contribution >= 4 is 35.6 Å². The van der Waals surface area contributed by atoms with Crippen LogP contribution in [0.2, 0.25) is 0 Å². The van der Waals surface area contributed by atoms with Crippen LogP contribution >= 0.6 is 0 Å². The highest BCUT2D eigenvalue weighted by Gasteiger charge is 2.50. The number of aliphatic hydroxyl groups is 1. The van der Waals surface area contributed by atoms with Crippen molar-refractivity contribution < 1.29 is 42.5 Å². The van der Waals surface area contributed by atoms with Crippen LogP contribution in [-0.4, -0.2) is 103 Å². The van der Waals surface area contributed by atoms with Crippen molar-refractivity contribution in [3.8, 4) is 0 Å². The second-order valence-corrected chi connectivity index (χ2v) is 13.2. The summed E-state index contributed by atoms with van der Waals surface area (Å²) in [5, 5.41) is 22.1. The first-order valence-electron chi connectivity index (χ1n) is 16.1. The predicted octanol–water partition coefficient (Wildman–Crippen LogP) is 2.05.